The van der Waals surface area contributed by atoms with Gasteiger partial charge >= 0.3 is 0 Å². The molecule has 4 heteroatoms. The number of rotatable bonds is 8. The van der Waals surface area contributed by atoms with Crippen molar-refractivity contribution in [3.63, 3.8) is 0 Å². The summed E-state index contributed by atoms with van der Waals surface area (Å²) in [7, 11) is 0. The van der Waals surface area contributed by atoms with Crippen LogP contribution in [-0.2, 0) is 13.1 Å². The molecule has 156 valence electrons. The molecule has 0 aromatic heterocycles. The number of hydrogen-bond acceptors (Lipinski definition) is 2. The maximum atomic E-state index is 3.68. The second kappa shape index (κ2) is 13.2. The first-order chi connectivity index (χ1) is 12.7. The van der Waals surface area contributed by atoms with Crippen LogP contribution in [0.5, 0.6) is 0 Å². The van der Waals surface area contributed by atoms with Gasteiger partial charge in [-0.3, -0.25) is 0 Å². The molecule has 1 aliphatic carbocycles. The van der Waals surface area contributed by atoms with E-state index in [4.69, 9.17) is 0 Å². The van der Waals surface area contributed by atoms with Crippen molar-refractivity contribution in [2.75, 3.05) is 13.1 Å². The first-order valence-corrected chi connectivity index (χ1v) is 10.2. The van der Waals surface area contributed by atoms with Gasteiger partial charge in [0, 0.05) is 13.1 Å². The number of hydrogen-bond donors (Lipinski definition) is 2. The number of benzene rings is 2. The quantitative estimate of drug-likeness (QED) is 0.558. The highest BCUT2D eigenvalue weighted by molar-refractivity contribution is 5.85. The lowest BCUT2D eigenvalue weighted by molar-refractivity contribution is 0.261. The van der Waals surface area contributed by atoms with Crippen LogP contribution < -0.4 is 10.6 Å². The third-order valence-corrected chi connectivity index (χ3v) is 5.99. The van der Waals surface area contributed by atoms with E-state index < -0.39 is 0 Å². The second-order valence-corrected chi connectivity index (χ2v) is 8.00. The van der Waals surface area contributed by atoms with Gasteiger partial charge in [-0.05, 0) is 86.7 Å². The summed E-state index contributed by atoms with van der Waals surface area (Å²) in [5.74, 6) is 1.71. The second-order valence-electron chi connectivity index (χ2n) is 8.00. The first-order valence-electron chi connectivity index (χ1n) is 10.2. The summed E-state index contributed by atoms with van der Waals surface area (Å²) in [6.07, 6.45) is 5.49. The summed E-state index contributed by atoms with van der Waals surface area (Å²) in [4.78, 5) is 0. The minimum atomic E-state index is 0. The molecule has 2 aromatic carbocycles. The Morgan fingerprint density at radius 1 is 0.643 bits per heavy atom. The lowest BCUT2D eigenvalue weighted by Crippen LogP contribution is -2.30. The molecular formula is C24H36Cl2N2. The number of nitrogens with one attached hydrogen (secondary N) is 2. The van der Waals surface area contributed by atoms with Crippen molar-refractivity contribution in [3.8, 4) is 0 Å². The van der Waals surface area contributed by atoms with E-state index in [0.29, 0.717) is 0 Å². The monoisotopic (exact) mass is 422 g/mol. The largest absolute Gasteiger partial charge is 0.312 e. The molecule has 0 saturated heterocycles. The maximum absolute atomic E-state index is 3.68. The normalized spacial score (nSPS) is 18.8. The average Bonchev–Trinajstić information content (AvgIpc) is 2.66. The smallest absolute Gasteiger partial charge is 0.0208 e. The highest BCUT2D eigenvalue weighted by Gasteiger charge is 2.20. The third kappa shape index (κ3) is 7.75. The maximum Gasteiger partial charge on any atom is 0.0208 e. The molecule has 0 aliphatic heterocycles. The zero-order valence-corrected chi connectivity index (χ0v) is 18.9. The summed E-state index contributed by atoms with van der Waals surface area (Å²) in [5.41, 5.74) is 5.65. The van der Waals surface area contributed by atoms with Gasteiger partial charge in [0.05, 0.1) is 0 Å². The van der Waals surface area contributed by atoms with Gasteiger partial charge in [0.2, 0.25) is 0 Å². The van der Waals surface area contributed by atoms with Crippen molar-refractivity contribution >= 4 is 24.8 Å². The Morgan fingerprint density at radius 3 is 1.36 bits per heavy atom. The van der Waals surface area contributed by atoms with Gasteiger partial charge in [0.25, 0.3) is 0 Å². The molecule has 0 bridgehead atoms. The minimum Gasteiger partial charge on any atom is -0.312 e. The van der Waals surface area contributed by atoms with E-state index in [1.54, 1.807) is 0 Å². The highest BCUT2D eigenvalue weighted by atomic mass is 35.5. The molecule has 28 heavy (non-hydrogen) atoms. The van der Waals surface area contributed by atoms with E-state index in [-0.39, 0.29) is 24.8 Å². The zero-order chi connectivity index (χ0) is 18.2. The van der Waals surface area contributed by atoms with E-state index in [1.807, 2.05) is 0 Å². The lowest BCUT2D eigenvalue weighted by atomic mass is 9.82. The molecular weight excluding hydrogens is 387 g/mol. The van der Waals surface area contributed by atoms with Crippen LogP contribution in [0, 0.1) is 25.7 Å². The molecule has 3 rings (SSSR count). The van der Waals surface area contributed by atoms with Gasteiger partial charge in [-0.15, -0.1) is 24.8 Å². The van der Waals surface area contributed by atoms with Crippen LogP contribution in [0.15, 0.2) is 48.5 Å². The summed E-state index contributed by atoms with van der Waals surface area (Å²) in [5, 5.41) is 7.36. The number of aryl methyl sites for hydroxylation is 2. The van der Waals surface area contributed by atoms with Gasteiger partial charge in [-0.25, -0.2) is 0 Å². The van der Waals surface area contributed by atoms with Crippen LogP contribution in [0.25, 0.3) is 0 Å². The van der Waals surface area contributed by atoms with E-state index in [9.17, 15) is 0 Å². The summed E-state index contributed by atoms with van der Waals surface area (Å²) < 4.78 is 0. The lowest BCUT2D eigenvalue weighted by Gasteiger charge is -2.29. The van der Waals surface area contributed by atoms with Gasteiger partial charge in [0.15, 0.2) is 0 Å². The fourth-order valence-electron chi connectivity index (χ4n) is 4.08. The molecule has 0 radical (unpaired) electrons. The Morgan fingerprint density at radius 2 is 1.00 bits per heavy atom. The molecule has 2 aromatic rings. The van der Waals surface area contributed by atoms with Crippen molar-refractivity contribution in [1.82, 2.24) is 10.6 Å². The summed E-state index contributed by atoms with van der Waals surface area (Å²) >= 11 is 0. The van der Waals surface area contributed by atoms with E-state index in [1.165, 1.54) is 47.9 Å². The van der Waals surface area contributed by atoms with Crippen LogP contribution in [0.1, 0.15) is 47.9 Å². The zero-order valence-electron chi connectivity index (χ0n) is 17.2. The Bertz CT molecular complexity index is 622. The third-order valence-electron chi connectivity index (χ3n) is 5.99. The molecule has 1 aliphatic rings. The highest BCUT2D eigenvalue weighted by Crippen LogP contribution is 2.28. The van der Waals surface area contributed by atoms with Crippen molar-refractivity contribution < 1.29 is 0 Å². The topological polar surface area (TPSA) is 24.1 Å². The molecule has 2 N–H and O–H groups in total. The first kappa shape index (κ1) is 25.0. The van der Waals surface area contributed by atoms with Crippen LogP contribution in [0.2, 0.25) is 0 Å². The van der Waals surface area contributed by atoms with Crippen molar-refractivity contribution in [3.05, 3.63) is 70.8 Å². The molecule has 0 heterocycles. The van der Waals surface area contributed by atoms with E-state index in [2.05, 4.69) is 73.0 Å². The summed E-state index contributed by atoms with van der Waals surface area (Å²) in [6, 6.07) is 17.4. The number of halogens is 2. The SMILES string of the molecule is Cc1ccccc1CNCC1CCC(CNCc2ccccc2C)CC1.Cl.Cl. The molecule has 0 atom stereocenters. The van der Waals surface area contributed by atoms with E-state index >= 15 is 0 Å². The molecule has 2 nitrogen and oxygen atoms in total. The summed E-state index contributed by atoms with van der Waals surface area (Å²) in [6.45, 7) is 8.74. The van der Waals surface area contributed by atoms with Crippen LogP contribution in [0.4, 0.5) is 0 Å². The van der Waals surface area contributed by atoms with E-state index in [0.717, 1.165) is 38.0 Å². The van der Waals surface area contributed by atoms with Crippen LogP contribution >= 0.6 is 24.8 Å². The van der Waals surface area contributed by atoms with Crippen LogP contribution in [-0.4, -0.2) is 13.1 Å². The molecule has 0 spiro atoms. The predicted molar refractivity (Wildman–Crippen MR) is 126 cm³/mol. The Balaban J connectivity index is 0.00000196. The van der Waals surface area contributed by atoms with Crippen molar-refractivity contribution in [2.24, 2.45) is 11.8 Å². The Kier molecular flexibility index (Phi) is 11.8. The fraction of sp³-hybridized carbons (Fsp3) is 0.500. The minimum absolute atomic E-state index is 0. The van der Waals surface area contributed by atoms with Gasteiger partial charge in [-0.2, -0.15) is 0 Å². The standard InChI is InChI=1S/C24H34N2.2ClH/c1-19-7-3-5-9-23(19)17-25-15-21-11-13-22(14-12-21)16-26-18-24-10-6-4-8-20(24)2;;/h3-10,21-22,25-26H,11-18H2,1-2H3;2*1H. The molecule has 0 amide bonds. The Hall–Kier alpha value is -1.06. The van der Waals surface area contributed by atoms with Crippen molar-refractivity contribution in [1.29, 1.82) is 0 Å². The van der Waals surface area contributed by atoms with Crippen LogP contribution in [0.3, 0.4) is 0 Å². The Labute approximate surface area is 183 Å². The average molecular weight is 423 g/mol. The molecule has 1 saturated carbocycles. The molecule has 1 fully saturated rings. The molecule has 0 unspecified atom stereocenters. The van der Waals surface area contributed by atoms with Gasteiger partial charge in [0.1, 0.15) is 0 Å². The fourth-order valence-corrected chi connectivity index (χ4v) is 4.08. The van der Waals surface area contributed by atoms with Crippen molar-refractivity contribution in [2.45, 2.75) is 52.6 Å². The predicted octanol–water partition coefficient (Wildman–Crippen LogP) is 5.83. The van der Waals surface area contributed by atoms with Gasteiger partial charge in [-0.1, -0.05) is 48.5 Å². The van der Waals surface area contributed by atoms with Gasteiger partial charge < -0.3 is 10.6 Å².